The summed E-state index contributed by atoms with van der Waals surface area (Å²) in [5.74, 6) is -18.9. The van der Waals surface area contributed by atoms with Crippen molar-refractivity contribution in [2.45, 2.75) is 67.9 Å². The summed E-state index contributed by atoms with van der Waals surface area (Å²) in [5.41, 5.74) is 0. The molecule has 0 bridgehead atoms. The summed E-state index contributed by atoms with van der Waals surface area (Å²) in [7, 11) is -7.65. The lowest BCUT2D eigenvalue weighted by atomic mass is 9.86. The molecule has 0 saturated heterocycles. The SMILES string of the molecule is CCC1([Si](C(F)(F)F)(C(F)(F)F)C(F)(F)F)CCCCC1. The van der Waals surface area contributed by atoms with E-state index in [1.807, 2.05) is 0 Å². The zero-order chi connectivity index (χ0) is 16.7. The zero-order valence-corrected chi connectivity index (χ0v) is 12.1. The number of alkyl halides is 9. The van der Waals surface area contributed by atoms with E-state index < -0.39 is 49.8 Å². The fourth-order valence-electron chi connectivity index (χ4n) is 3.61. The highest BCUT2D eigenvalue weighted by Crippen LogP contribution is 2.67. The van der Waals surface area contributed by atoms with Crippen molar-refractivity contribution in [3.05, 3.63) is 0 Å². The lowest BCUT2D eigenvalue weighted by Crippen LogP contribution is -2.77. The molecule has 126 valence electrons. The average molecular weight is 346 g/mol. The van der Waals surface area contributed by atoms with Crippen LogP contribution in [0.15, 0.2) is 0 Å². The molecule has 0 nitrogen and oxygen atoms in total. The highest BCUT2D eigenvalue weighted by molar-refractivity contribution is 6.88. The monoisotopic (exact) mass is 346 g/mol. The third-order valence-electron chi connectivity index (χ3n) is 4.56. The Hall–Kier alpha value is -0.413. The second-order valence-corrected chi connectivity index (χ2v) is 9.70. The van der Waals surface area contributed by atoms with Crippen LogP contribution in [0.4, 0.5) is 39.5 Å². The van der Waals surface area contributed by atoms with Gasteiger partial charge in [0.2, 0.25) is 0 Å². The first kappa shape index (κ1) is 18.6. The second kappa shape index (κ2) is 5.34. The highest BCUT2D eigenvalue weighted by Gasteiger charge is 2.93. The minimum atomic E-state index is -7.65. The van der Waals surface area contributed by atoms with Crippen molar-refractivity contribution in [3.63, 3.8) is 0 Å². The molecule has 0 aromatic heterocycles. The predicted molar refractivity (Wildman–Crippen MR) is 60.0 cm³/mol. The van der Waals surface area contributed by atoms with Crippen molar-refractivity contribution >= 4 is 8.07 Å². The molecule has 0 aromatic carbocycles. The maximum absolute atomic E-state index is 13.2. The van der Waals surface area contributed by atoms with Crippen molar-refractivity contribution in [2.75, 3.05) is 0 Å². The van der Waals surface area contributed by atoms with E-state index in [-0.39, 0.29) is 12.8 Å². The molecular formula is C11H15F9Si. The Kier molecular flexibility index (Phi) is 4.74. The van der Waals surface area contributed by atoms with Crippen molar-refractivity contribution in [1.82, 2.24) is 0 Å². The summed E-state index contributed by atoms with van der Waals surface area (Å²) in [4.78, 5) is 0. The fourth-order valence-corrected chi connectivity index (χ4v) is 8.01. The van der Waals surface area contributed by atoms with Gasteiger partial charge in [0.1, 0.15) is 0 Å². The molecule has 0 amide bonds. The van der Waals surface area contributed by atoms with E-state index in [1.54, 1.807) is 0 Å². The Bertz CT molecular complexity index is 323. The number of hydrogen-bond acceptors (Lipinski definition) is 0. The number of rotatable bonds is 2. The molecule has 1 saturated carbocycles. The first-order valence-corrected chi connectivity index (χ1v) is 8.47. The van der Waals surface area contributed by atoms with E-state index in [1.165, 1.54) is 0 Å². The van der Waals surface area contributed by atoms with Crippen LogP contribution in [-0.4, -0.2) is 25.5 Å². The van der Waals surface area contributed by atoms with Gasteiger partial charge in [0.15, 0.2) is 0 Å². The third-order valence-corrected chi connectivity index (χ3v) is 9.55. The summed E-state index contributed by atoms with van der Waals surface area (Å²) in [6.45, 7) is 0.996. The van der Waals surface area contributed by atoms with Crippen LogP contribution in [0.25, 0.3) is 0 Å². The first-order valence-electron chi connectivity index (χ1n) is 6.47. The molecule has 1 rings (SSSR count). The molecule has 10 heteroatoms. The molecule has 0 N–H and O–H groups in total. The van der Waals surface area contributed by atoms with Crippen LogP contribution < -0.4 is 0 Å². The van der Waals surface area contributed by atoms with E-state index in [0.29, 0.717) is 6.42 Å². The molecule has 1 aliphatic rings. The van der Waals surface area contributed by atoms with Gasteiger partial charge in [-0.2, -0.15) is 39.5 Å². The lowest BCUT2D eigenvalue weighted by molar-refractivity contribution is -0.172. The summed E-state index contributed by atoms with van der Waals surface area (Å²) < 4.78 is 119. The summed E-state index contributed by atoms with van der Waals surface area (Å²) in [6.07, 6.45) is -1.82. The molecule has 0 spiro atoms. The Labute approximate surface area is 116 Å². The van der Waals surface area contributed by atoms with E-state index >= 15 is 0 Å². The Morgan fingerprint density at radius 3 is 1.29 bits per heavy atom. The van der Waals surface area contributed by atoms with Crippen molar-refractivity contribution in [3.8, 4) is 0 Å². The molecule has 0 atom stereocenters. The first-order chi connectivity index (χ1) is 9.27. The van der Waals surface area contributed by atoms with Gasteiger partial charge in [-0.1, -0.05) is 32.6 Å². The fraction of sp³-hybridized carbons (Fsp3) is 1.00. The van der Waals surface area contributed by atoms with Crippen LogP contribution in [0.5, 0.6) is 0 Å². The Morgan fingerprint density at radius 1 is 0.714 bits per heavy atom. The van der Waals surface area contributed by atoms with Gasteiger partial charge in [0.25, 0.3) is 0 Å². The minimum absolute atomic E-state index is 0.0369. The van der Waals surface area contributed by atoms with Gasteiger partial charge in [0.05, 0.1) is 0 Å². The molecule has 0 aliphatic heterocycles. The largest absolute Gasteiger partial charge is 0.429 e. The quantitative estimate of drug-likeness (QED) is 0.434. The average Bonchev–Trinajstić information content (AvgIpc) is 2.24. The van der Waals surface area contributed by atoms with Crippen molar-refractivity contribution in [1.29, 1.82) is 0 Å². The minimum Gasteiger partial charge on any atom is -0.176 e. The molecule has 1 aliphatic carbocycles. The molecule has 21 heavy (non-hydrogen) atoms. The molecule has 0 unspecified atom stereocenters. The smallest absolute Gasteiger partial charge is 0.176 e. The van der Waals surface area contributed by atoms with Gasteiger partial charge in [-0.05, 0) is 17.9 Å². The second-order valence-electron chi connectivity index (χ2n) is 5.44. The van der Waals surface area contributed by atoms with Gasteiger partial charge in [-0.25, -0.2) is 0 Å². The molecule has 1 fully saturated rings. The number of halogens is 9. The van der Waals surface area contributed by atoms with Crippen LogP contribution in [0.1, 0.15) is 45.4 Å². The summed E-state index contributed by atoms with van der Waals surface area (Å²) in [6, 6.07) is 0. The summed E-state index contributed by atoms with van der Waals surface area (Å²) >= 11 is 0. The van der Waals surface area contributed by atoms with E-state index in [2.05, 4.69) is 0 Å². The van der Waals surface area contributed by atoms with Gasteiger partial charge in [0, 0.05) is 0 Å². The highest BCUT2D eigenvalue weighted by atomic mass is 28.3. The summed E-state index contributed by atoms with van der Waals surface area (Å²) in [5, 5.41) is -2.75. The normalized spacial score (nSPS) is 21.4. The molecule has 0 radical (unpaired) electrons. The topological polar surface area (TPSA) is 0 Å². The molecule has 0 heterocycles. The van der Waals surface area contributed by atoms with Crippen LogP contribution in [0.2, 0.25) is 5.04 Å². The van der Waals surface area contributed by atoms with E-state index in [0.717, 1.165) is 6.92 Å². The maximum atomic E-state index is 13.2. The Balaban J connectivity index is 3.71. The maximum Gasteiger partial charge on any atom is 0.429 e. The molecular weight excluding hydrogens is 331 g/mol. The Morgan fingerprint density at radius 2 is 1.05 bits per heavy atom. The van der Waals surface area contributed by atoms with Crippen LogP contribution in [-0.2, 0) is 0 Å². The van der Waals surface area contributed by atoms with Gasteiger partial charge < -0.3 is 0 Å². The standard InChI is InChI=1S/C11H15F9Si/c1-2-8(6-4-3-5-7-8)21(9(12,13)14,10(15,16)17)11(18,19)20/h2-7H2,1H3. The van der Waals surface area contributed by atoms with Gasteiger partial charge in [-0.15, -0.1) is 0 Å². The van der Waals surface area contributed by atoms with Crippen LogP contribution in [0, 0.1) is 0 Å². The molecule has 0 aromatic rings. The van der Waals surface area contributed by atoms with Gasteiger partial charge >= 0.3 is 25.5 Å². The lowest BCUT2D eigenvalue weighted by Gasteiger charge is -2.51. The van der Waals surface area contributed by atoms with Crippen molar-refractivity contribution < 1.29 is 39.5 Å². The van der Waals surface area contributed by atoms with E-state index in [4.69, 9.17) is 0 Å². The number of hydrogen-bond donors (Lipinski definition) is 0. The van der Waals surface area contributed by atoms with Crippen LogP contribution in [0.3, 0.4) is 0 Å². The third kappa shape index (κ3) is 2.57. The van der Waals surface area contributed by atoms with E-state index in [9.17, 15) is 39.5 Å². The van der Waals surface area contributed by atoms with Crippen LogP contribution >= 0.6 is 0 Å². The predicted octanol–water partition coefficient (Wildman–Crippen LogP) is 5.85. The zero-order valence-electron chi connectivity index (χ0n) is 11.1. The van der Waals surface area contributed by atoms with Gasteiger partial charge in [-0.3, -0.25) is 0 Å². The van der Waals surface area contributed by atoms with Crippen molar-refractivity contribution in [2.24, 2.45) is 0 Å².